The molecule has 0 saturated carbocycles. The molecule has 3 aromatic carbocycles. The fourth-order valence-electron chi connectivity index (χ4n) is 3.50. The second-order valence-corrected chi connectivity index (χ2v) is 6.45. The van der Waals surface area contributed by atoms with Gasteiger partial charge in [0.25, 0.3) is 0 Å². The highest BCUT2D eigenvalue weighted by atomic mass is 16.5. The van der Waals surface area contributed by atoms with Crippen LogP contribution in [-0.4, -0.2) is 0 Å². The first-order chi connectivity index (χ1) is 11.9. The van der Waals surface area contributed by atoms with E-state index in [1.54, 1.807) is 0 Å². The number of benzene rings is 3. The summed E-state index contributed by atoms with van der Waals surface area (Å²) in [5, 5.41) is 0. The Morgan fingerprint density at radius 3 is 2.29 bits per heavy atom. The van der Waals surface area contributed by atoms with Crippen LogP contribution in [0.15, 0.2) is 78.9 Å². The zero-order valence-corrected chi connectivity index (χ0v) is 13.8. The minimum Gasteiger partial charge on any atom is -0.369 e. The van der Waals surface area contributed by atoms with Crippen LogP contribution in [0, 0.1) is 0 Å². The van der Waals surface area contributed by atoms with Crippen LogP contribution in [0.4, 0.5) is 0 Å². The largest absolute Gasteiger partial charge is 0.369 e. The van der Waals surface area contributed by atoms with Gasteiger partial charge in [-0.05, 0) is 47.1 Å². The van der Waals surface area contributed by atoms with Crippen LogP contribution in [-0.2, 0) is 17.8 Å². The highest BCUT2D eigenvalue weighted by Gasteiger charge is 2.20. The van der Waals surface area contributed by atoms with E-state index in [0.717, 1.165) is 6.42 Å². The number of hydrogen-bond acceptors (Lipinski definition) is 1. The summed E-state index contributed by atoms with van der Waals surface area (Å²) in [4.78, 5) is 0. The first-order valence-electron chi connectivity index (χ1n) is 8.74. The summed E-state index contributed by atoms with van der Waals surface area (Å²) < 4.78 is 6.24. The minimum atomic E-state index is 0.240. The number of aryl methyl sites for hydroxylation is 1. The van der Waals surface area contributed by atoms with E-state index in [4.69, 9.17) is 4.74 Å². The molecule has 1 nitrogen and oxygen atoms in total. The summed E-state index contributed by atoms with van der Waals surface area (Å²) in [6.45, 7) is 0.675. The van der Waals surface area contributed by atoms with Gasteiger partial charge in [-0.3, -0.25) is 0 Å². The predicted molar refractivity (Wildman–Crippen MR) is 98.8 cm³/mol. The Bertz CT molecular complexity index is 790. The lowest BCUT2D eigenvalue weighted by molar-refractivity contribution is 0.0283. The Hall–Kier alpha value is -2.38. The Morgan fingerprint density at radius 2 is 1.46 bits per heavy atom. The molecule has 0 radical (unpaired) electrons. The third-order valence-corrected chi connectivity index (χ3v) is 4.83. The average molecular weight is 314 g/mol. The molecule has 4 rings (SSSR count). The molecular weight excluding hydrogens is 292 g/mol. The number of ether oxygens (including phenoxy) is 1. The Balaban J connectivity index is 1.44. The average Bonchev–Trinajstić information content (AvgIpc) is 2.67. The van der Waals surface area contributed by atoms with Gasteiger partial charge in [0.05, 0.1) is 12.7 Å². The molecule has 0 N–H and O–H groups in total. The molecule has 0 amide bonds. The van der Waals surface area contributed by atoms with Crippen molar-refractivity contribution in [2.75, 3.05) is 0 Å². The van der Waals surface area contributed by atoms with Crippen molar-refractivity contribution in [1.29, 1.82) is 0 Å². The molecule has 0 spiro atoms. The molecule has 0 heterocycles. The van der Waals surface area contributed by atoms with Gasteiger partial charge in [0.2, 0.25) is 0 Å². The molecule has 3 aromatic rings. The smallest absolute Gasteiger partial charge is 0.0832 e. The van der Waals surface area contributed by atoms with Gasteiger partial charge in [0, 0.05) is 0 Å². The number of hydrogen-bond donors (Lipinski definition) is 0. The van der Waals surface area contributed by atoms with Crippen molar-refractivity contribution in [3.05, 3.63) is 95.6 Å². The van der Waals surface area contributed by atoms with Crippen molar-refractivity contribution in [1.82, 2.24) is 0 Å². The van der Waals surface area contributed by atoms with Crippen LogP contribution < -0.4 is 0 Å². The topological polar surface area (TPSA) is 9.23 Å². The molecule has 120 valence electrons. The van der Waals surface area contributed by atoms with Crippen LogP contribution in [0.25, 0.3) is 11.1 Å². The van der Waals surface area contributed by atoms with Crippen LogP contribution in [0.5, 0.6) is 0 Å². The Labute approximate surface area is 143 Å². The van der Waals surface area contributed by atoms with Crippen molar-refractivity contribution in [3.8, 4) is 11.1 Å². The summed E-state index contributed by atoms with van der Waals surface area (Å²) in [7, 11) is 0. The molecule has 0 aromatic heterocycles. The van der Waals surface area contributed by atoms with E-state index in [2.05, 4.69) is 72.8 Å². The van der Waals surface area contributed by atoms with Crippen LogP contribution in [0.3, 0.4) is 0 Å². The summed E-state index contributed by atoms with van der Waals surface area (Å²) in [5.41, 5.74) is 6.57. The molecule has 1 unspecified atom stereocenters. The van der Waals surface area contributed by atoms with Crippen LogP contribution >= 0.6 is 0 Å². The fraction of sp³-hybridized carbons (Fsp3) is 0.217. The molecule has 1 heteroatoms. The SMILES string of the molecule is c1ccc(-c2ccc(COC3CCCc4ccccc43)cc2)cc1. The molecular formula is C23H22O. The van der Waals surface area contributed by atoms with Crippen LogP contribution in [0.2, 0.25) is 0 Å². The van der Waals surface area contributed by atoms with Crippen molar-refractivity contribution in [3.63, 3.8) is 0 Å². The first kappa shape index (κ1) is 15.2. The fourth-order valence-corrected chi connectivity index (χ4v) is 3.50. The van der Waals surface area contributed by atoms with Crippen molar-refractivity contribution < 1.29 is 4.74 Å². The van der Waals surface area contributed by atoms with E-state index < -0.39 is 0 Å². The first-order valence-corrected chi connectivity index (χ1v) is 8.74. The third-order valence-electron chi connectivity index (χ3n) is 4.83. The van der Waals surface area contributed by atoms with E-state index in [1.165, 1.54) is 40.7 Å². The molecule has 0 fully saturated rings. The van der Waals surface area contributed by atoms with Crippen LogP contribution in [0.1, 0.15) is 35.6 Å². The molecule has 1 atom stereocenters. The molecule has 0 saturated heterocycles. The molecule has 1 aliphatic carbocycles. The maximum absolute atomic E-state index is 6.24. The van der Waals surface area contributed by atoms with E-state index in [1.807, 2.05) is 6.07 Å². The zero-order valence-electron chi connectivity index (χ0n) is 13.8. The van der Waals surface area contributed by atoms with E-state index >= 15 is 0 Å². The van der Waals surface area contributed by atoms with Gasteiger partial charge in [-0.15, -0.1) is 0 Å². The zero-order chi connectivity index (χ0) is 16.2. The standard InChI is InChI=1S/C23H22O/c1-2-7-19(8-3-1)20-15-13-18(14-16-20)17-24-23-12-6-10-21-9-4-5-11-22(21)23/h1-5,7-9,11,13-16,23H,6,10,12,17H2. The second-order valence-electron chi connectivity index (χ2n) is 6.45. The lowest BCUT2D eigenvalue weighted by Gasteiger charge is -2.25. The Kier molecular flexibility index (Phi) is 4.44. The van der Waals surface area contributed by atoms with Gasteiger partial charge < -0.3 is 4.74 Å². The summed E-state index contributed by atoms with van der Waals surface area (Å²) >= 11 is 0. The highest BCUT2D eigenvalue weighted by molar-refractivity contribution is 5.63. The van der Waals surface area contributed by atoms with Gasteiger partial charge in [0.1, 0.15) is 0 Å². The summed E-state index contributed by atoms with van der Waals surface area (Å²) in [6.07, 6.45) is 3.76. The normalized spacial score (nSPS) is 16.6. The van der Waals surface area contributed by atoms with Crippen molar-refractivity contribution in [2.45, 2.75) is 32.0 Å². The Morgan fingerprint density at radius 1 is 0.750 bits per heavy atom. The maximum atomic E-state index is 6.24. The van der Waals surface area contributed by atoms with Gasteiger partial charge in [-0.1, -0.05) is 78.9 Å². The van der Waals surface area contributed by atoms with E-state index in [-0.39, 0.29) is 6.10 Å². The quantitative estimate of drug-likeness (QED) is 0.578. The van der Waals surface area contributed by atoms with E-state index in [9.17, 15) is 0 Å². The number of fused-ring (bicyclic) bond motifs is 1. The molecule has 1 aliphatic rings. The predicted octanol–water partition coefficient (Wildman–Crippen LogP) is 5.95. The van der Waals surface area contributed by atoms with Gasteiger partial charge in [-0.2, -0.15) is 0 Å². The van der Waals surface area contributed by atoms with Crippen molar-refractivity contribution >= 4 is 0 Å². The van der Waals surface area contributed by atoms with Gasteiger partial charge >= 0.3 is 0 Å². The van der Waals surface area contributed by atoms with Crippen molar-refractivity contribution in [2.24, 2.45) is 0 Å². The van der Waals surface area contributed by atoms with Gasteiger partial charge in [-0.25, -0.2) is 0 Å². The third kappa shape index (κ3) is 3.27. The second kappa shape index (κ2) is 7.02. The number of rotatable bonds is 4. The van der Waals surface area contributed by atoms with Gasteiger partial charge in [0.15, 0.2) is 0 Å². The highest BCUT2D eigenvalue weighted by Crippen LogP contribution is 2.33. The van der Waals surface area contributed by atoms with E-state index in [0.29, 0.717) is 6.61 Å². The maximum Gasteiger partial charge on any atom is 0.0832 e. The lowest BCUT2D eigenvalue weighted by atomic mass is 9.89. The molecule has 0 aliphatic heterocycles. The summed E-state index contributed by atoms with van der Waals surface area (Å²) in [6, 6.07) is 27.9. The molecule has 24 heavy (non-hydrogen) atoms. The molecule has 0 bridgehead atoms. The minimum absolute atomic E-state index is 0.240. The monoisotopic (exact) mass is 314 g/mol. The summed E-state index contributed by atoms with van der Waals surface area (Å²) in [5.74, 6) is 0. The lowest BCUT2D eigenvalue weighted by Crippen LogP contribution is -2.12.